The number of benzene rings is 2. The maximum atomic E-state index is 13.7. The predicted molar refractivity (Wildman–Crippen MR) is 95.8 cm³/mol. The van der Waals surface area contributed by atoms with E-state index in [9.17, 15) is 14.0 Å². The molecule has 26 heavy (non-hydrogen) atoms. The number of carbonyl (C=O) groups is 1. The smallest absolute Gasteiger partial charge is 0.323 e. The number of nitrogens with one attached hydrogen (secondary N) is 2. The van der Waals surface area contributed by atoms with E-state index in [2.05, 4.69) is 10.6 Å². The molecule has 2 N–H and O–H groups in total. The van der Waals surface area contributed by atoms with Crippen molar-refractivity contribution in [3.8, 4) is 5.69 Å². The van der Waals surface area contributed by atoms with Crippen LogP contribution in [-0.4, -0.2) is 16.4 Å². The molecule has 1 atom stereocenters. The molecule has 6 nitrogen and oxygen atoms in total. The van der Waals surface area contributed by atoms with Gasteiger partial charge in [0.15, 0.2) is 0 Å². The summed E-state index contributed by atoms with van der Waals surface area (Å²) in [5.74, 6) is -0.899. The number of hydrogen-bond donors (Lipinski definition) is 2. The van der Waals surface area contributed by atoms with E-state index >= 15 is 0 Å². The molecule has 0 bridgehead atoms. The average Bonchev–Trinajstić information content (AvgIpc) is 3.02. The molecule has 0 radical (unpaired) electrons. The first-order valence-corrected chi connectivity index (χ1v) is 8.89. The normalized spacial score (nSPS) is 11.9. The van der Waals surface area contributed by atoms with Crippen LogP contribution in [0.15, 0.2) is 68.9 Å². The second-order valence-electron chi connectivity index (χ2n) is 5.44. The maximum absolute atomic E-state index is 13.7. The molecule has 3 aromatic rings. The number of aromatic amines is 1. The lowest BCUT2D eigenvalue weighted by molar-refractivity contribution is -0.704. The van der Waals surface area contributed by atoms with E-state index in [4.69, 9.17) is 4.52 Å². The fraction of sp³-hybridized carbons (Fsp3) is 0.167. The molecular formula is C18H17FN3O3S+. The van der Waals surface area contributed by atoms with E-state index in [-0.39, 0.29) is 16.6 Å². The van der Waals surface area contributed by atoms with E-state index in [0.29, 0.717) is 12.1 Å². The molecule has 1 heterocycles. The van der Waals surface area contributed by atoms with Crippen LogP contribution in [0.2, 0.25) is 0 Å². The molecule has 0 spiro atoms. The highest BCUT2D eigenvalue weighted by molar-refractivity contribution is 8.00. The summed E-state index contributed by atoms with van der Waals surface area (Å²) in [5, 5.41) is 4.75. The van der Waals surface area contributed by atoms with Crippen LogP contribution in [-0.2, 0) is 4.79 Å². The molecule has 1 unspecified atom stereocenters. The Morgan fingerprint density at radius 2 is 1.92 bits per heavy atom. The third-order valence-corrected chi connectivity index (χ3v) is 5.07. The Bertz CT molecular complexity index is 956. The van der Waals surface area contributed by atoms with Crippen LogP contribution in [0.5, 0.6) is 0 Å². The number of nitrogens with zero attached hydrogens (tertiary/aromatic N) is 1. The van der Waals surface area contributed by atoms with Crippen molar-refractivity contribution in [2.45, 2.75) is 23.6 Å². The first kappa shape index (κ1) is 17.9. The quantitative estimate of drug-likeness (QED) is 0.514. The van der Waals surface area contributed by atoms with Crippen LogP contribution in [0.1, 0.15) is 13.3 Å². The number of aromatic nitrogens is 2. The molecular weight excluding hydrogens is 357 g/mol. The van der Waals surface area contributed by atoms with Gasteiger partial charge in [-0.25, -0.2) is 9.18 Å². The fourth-order valence-corrected chi connectivity index (χ4v) is 3.33. The highest BCUT2D eigenvalue weighted by Gasteiger charge is 2.30. The minimum Gasteiger partial charge on any atom is -0.323 e. The largest absolute Gasteiger partial charge is 0.442 e. The van der Waals surface area contributed by atoms with Gasteiger partial charge in [-0.05, 0) is 40.3 Å². The lowest BCUT2D eigenvalue weighted by atomic mass is 10.2. The van der Waals surface area contributed by atoms with Gasteiger partial charge in [-0.2, -0.15) is 0 Å². The van der Waals surface area contributed by atoms with Crippen molar-refractivity contribution in [1.29, 1.82) is 0 Å². The SMILES string of the molecule is CCC(Sc1c(=O)o[nH][n+]1-c1ccccc1)C(=O)Nc1ccccc1F. The van der Waals surface area contributed by atoms with E-state index in [1.54, 1.807) is 24.3 Å². The minimum absolute atomic E-state index is 0.105. The first-order valence-electron chi connectivity index (χ1n) is 8.01. The molecule has 1 amide bonds. The van der Waals surface area contributed by atoms with Crippen LogP contribution in [0.3, 0.4) is 0 Å². The van der Waals surface area contributed by atoms with Crippen molar-refractivity contribution in [1.82, 2.24) is 5.27 Å². The molecule has 0 saturated heterocycles. The van der Waals surface area contributed by atoms with Gasteiger partial charge in [0.25, 0.3) is 0 Å². The monoisotopic (exact) mass is 374 g/mol. The van der Waals surface area contributed by atoms with Gasteiger partial charge in [0.2, 0.25) is 11.6 Å². The number of thioether (sulfide) groups is 1. The number of halogens is 1. The summed E-state index contributed by atoms with van der Waals surface area (Å²) in [6.45, 7) is 1.82. The number of anilines is 1. The van der Waals surface area contributed by atoms with Crippen LogP contribution in [0, 0.1) is 5.82 Å². The summed E-state index contributed by atoms with van der Waals surface area (Å²) in [7, 11) is 0. The second kappa shape index (κ2) is 8.01. The topological polar surface area (TPSA) is 79.0 Å². The number of rotatable bonds is 6. The van der Waals surface area contributed by atoms with Crippen molar-refractivity contribution < 1.29 is 18.4 Å². The molecule has 0 saturated carbocycles. The van der Waals surface area contributed by atoms with E-state index in [0.717, 1.165) is 11.8 Å². The number of para-hydroxylation sites is 2. The Morgan fingerprint density at radius 3 is 2.62 bits per heavy atom. The van der Waals surface area contributed by atoms with E-state index < -0.39 is 16.7 Å². The van der Waals surface area contributed by atoms with Crippen LogP contribution in [0.25, 0.3) is 5.69 Å². The van der Waals surface area contributed by atoms with Crippen molar-refractivity contribution >= 4 is 23.4 Å². The Hall–Kier alpha value is -2.87. The fourth-order valence-electron chi connectivity index (χ4n) is 2.34. The number of amides is 1. The third kappa shape index (κ3) is 3.85. The summed E-state index contributed by atoms with van der Waals surface area (Å²) in [4.78, 5) is 24.6. The Balaban J connectivity index is 1.83. The first-order chi connectivity index (χ1) is 12.6. The Kier molecular flexibility index (Phi) is 5.52. The molecule has 0 fully saturated rings. The van der Waals surface area contributed by atoms with Gasteiger partial charge in [-0.15, -0.1) is 0 Å². The summed E-state index contributed by atoms with van der Waals surface area (Å²) in [5.41, 5.74) is 0.231. The number of carbonyl (C=O) groups excluding carboxylic acids is 1. The van der Waals surface area contributed by atoms with E-state index in [1.807, 2.05) is 25.1 Å². The third-order valence-electron chi connectivity index (χ3n) is 3.67. The highest BCUT2D eigenvalue weighted by atomic mass is 32.2. The Morgan fingerprint density at radius 1 is 1.23 bits per heavy atom. The van der Waals surface area contributed by atoms with Crippen LogP contribution in [0.4, 0.5) is 10.1 Å². The van der Waals surface area contributed by atoms with Crippen molar-refractivity contribution in [2.24, 2.45) is 0 Å². The van der Waals surface area contributed by atoms with Gasteiger partial charge >= 0.3 is 10.7 Å². The highest BCUT2D eigenvalue weighted by Crippen LogP contribution is 2.23. The molecule has 3 rings (SSSR count). The maximum Gasteiger partial charge on any atom is 0.442 e. The molecule has 0 aliphatic rings. The van der Waals surface area contributed by atoms with Crippen LogP contribution >= 0.6 is 11.8 Å². The molecule has 0 aliphatic heterocycles. The second-order valence-corrected chi connectivity index (χ2v) is 6.63. The van der Waals surface area contributed by atoms with E-state index in [1.165, 1.54) is 16.8 Å². The molecule has 8 heteroatoms. The predicted octanol–water partition coefficient (Wildman–Crippen LogP) is 2.89. The summed E-state index contributed by atoms with van der Waals surface area (Å²) >= 11 is 1.07. The van der Waals surface area contributed by atoms with Gasteiger partial charge in [-0.1, -0.05) is 37.3 Å². The van der Waals surface area contributed by atoms with Gasteiger partial charge in [-0.3, -0.25) is 9.32 Å². The van der Waals surface area contributed by atoms with Crippen molar-refractivity contribution in [3.05, 3.63) is 70.8 Å². The minimum atomic E-state index is -0.594. The summed E-state index contributed by atoms with van der Waals surface area (Å²) in [6.07, 6.45) is 0.449. The average molecular weight is 374 g/mol. The molecule has 1 aromatic heterocycles. The van der Waals surface area contributed by atoms with Crippen molar-refractivity contribution in [3.63, 3.8) is 0 Å². The van der Waals surface area contributed by atoms with Gasteiger partial charge in [0, 0.05) is 12.1 Å². The van der Waals surface area contributed by atoms with Gasteiger partial charge < -0.3 is 5.32 Å². The zero-order valence-electron chi connectivity index (χ0n) is 13.9. The number of H-pyrrole nitrogens is 1. The standard InChI is InChI=1S/C18H16FN3O3S/c1-2-15(16(23)20-14-11-7-6-10-13(14)19)26-17-18(24)25-21-22(17)12-8-4-3-5-9-12/h3-11,15H,2H2,1H3,(H-,20,21,23,24)/p+1. The molecule has 134 valence electrons. The summed E-state index contributed by atoms with van der Waals surface area (Å²) in [6, 6.07) is 15.0. The zero-order valence-corrected chi connectivity index (χ0v) is 14.8. The van der Waals surface area contributed by atoms with Gasteiger partial charge in [0.05, 0.1) is 10.9 Å². The lowest BCUT2D eigenvalue weighted by Crippen LogP contribution is -2.37. The zero-order chi connectivity index (χ0) is 18.5. The van der Waals surface area contributed by atoms with Gasteiger partial charge in [0.1, 0.15) is 5.82 Å². The van der Waals surface area contributed by atoms with Crippen LogP contribution < -0.4 is 15.6 Å². The molecule has 0 aliphatic carbocycles. The molecule has 2 aromatic carbocycles. The van der Waals surface area contributed by atoms with Crippen molar-refractivity contribution in [2.75, 3.05) is 5.32 Å². The Labute approximate surface area is 153 Å². The summed E-state index contributed by atoms with van der Waals surface area (Å²) < 4.78 is 20.1. The lowest BCUT2D eigenvalue weighted by Gasteiger charge is -2.12. The number of hydrogen-bond acceptors (Lipinski definition) is 4.